The predicted octanol–water partition coefficient (Wildman–Crippen LogP) is 36.9. The quantitative estimate of drug-likeness (QED) is 0.0396. The zero-order valence-corrected chi connectivity index (χ0v) is 95.6. The summed E-state index contributed by atoms with van der Waals surface area (Å²) in [7, 11) is 4.34. The van der Waals surface area contributed by atoms with E-state index < -0.39 is 5.60 Å². The summed E-state index contributed by atoms with van der Waals surface area (Å²) in [4.78, 5) is 12.0. The minimum absolute atomic E-state index is 0.0382. The number of fused-ring (bicyclic) bond motifs is 16. The van der Waals surface area contributed by atoms with Crippen molar-refractivity contribution in [2.45, 2.75) is 528 Å². The van der Waals surface area contributed by atoms with Crippen molar-refractivity contribution in [1.29, 1.82) is 0 Å². The van der Waals surface area contributed by atoms with E-state index in [1.54, 1.807) is 6.92 Å². The van der Waals surface area contributed by atoms with Gasteiger partial charge in [0.2, 0.25) is 0 Å². The summed E-state index contributed by atoms with van der Waals surface area (Å²) >= 11 is 6.96. The van der Waals surface area contributed by atoms with Crippen LogP contribution in [0.25, 0.3) is 0 Å². The van der Waals surface area contributed by atoms with Crippen LogP contribution in [0.5, 0.6) is 0 Å². The van der Waals surface area contributed by atoms with Gasteiger partial charge in [0.15, 0.2) is 0 Å². The van der Waals surface area contributed by atoms with Gasteiger partial charge in [-0.15, -0.1) is 0 Å². The van der Waals surface area contributed by atoms with Crippen molar-refractivity contribution in [3.63, 3.8) is 0 Å². The third-order valence-corrected chi connectivity index (χ3v) is 50.3. The van der Waals surface area contributed by atoms with E-state index in [0.29, 0.717) is 82.2 Å². The van der Waals surface area contributed by atoms with Gasteiger partial charge in [-0.25, -0.2) is 0 Å². The third kappa shape index (κ3) is 18.6. The molecule has 8 saturated carbocycles. The zero-order valence-electron chi connectivity index (χ0n) is 93.1. The van der Waals surface area contributed by atoms with Gasteiger partial charge in [0, 0.05) is 17.2 Å². The summed E-state index contributed by atoms with van der Waals surface area (Å²) in [6.07, 6.45) is 59.6. The monoisotopic (exact) mass is 1900 g/mol. The van der Waals surface area contributed by atoms with Crippen molar-refractivity contribution in [2.24, 2.45) is 180 Å². The van der Waals surface area contributed by atoms with Crippen LogP contribution in [0.3, 0.4) is 0 Å². The predicted molar refractivity (Wildman–Crippen MR) is 574 cm³/mol. The number of esters is 1. The molecule has 751 valence electrons. The number of ether oxygens (including phenoxy) is 1. The molecule has 2 N–H and O–H groups in total. The molecule has 0 saturated heterocycles. The molecule has 0 aliphatic heterocycles. The average Bonchev–Trinajstić information content (AvgIpc) is 1.43. The topological polar surface area (TPSA) is 79.1 Å². The Kier molecular flexibility index (Phi) is 32.8. The van der Waals surface area contributed by atoms with Gasteiger partial charge in [-0.05, 0) is 456 Å². The molecule has 1 radical (unpaired) electrons. The number of nitrogens with zero attached hydrogens (tertiary/aromatic N) is 1. The second kappa shape index (κ2) is 39.6. The van der Waals surface area contributed by atoms with Crippen molar-refractivity contribution in [2.75, 3.05) is 0 Å². The first kappa shape index (κ1) is 109. The molecular weight excluding hydrogens is 1690 g/mol. The number of thiol groups is 1. The molecule has 9 unspecified atom stereocenters. The number of allylic oxidation sites excluding steroid dienone is 12. The van der Waals surface area contributed by atoms with E-state index in [-0.39, 0.29) is 39.2 Å². The standard InChI is InChI=1S/C32H52O2.C31H53BrO.C31H54.C30H50O.BHNS/c1-21(2)11-10-12-22(3)24-15-19-32(9)26-13-14-27-29(5,6)28(34-23(4)33)17-18-30(27,7)25(26)16-20-31(24,32)8;1-20(10-13-26(32)28(5,6)33)22-15-18-31(9)24-11-12-25-27(3,4)21(2)14-17-29(25,7)23(24)16-19-30(22,31)8;1-21(2)11-10-12-22(3)24-16-19-31(9)26-13-14-27-28(5,6)23(4)15-18-29(27,7)25(26)17-20-30(24,31)8;1-20(2)10-9-11-21(3)22-14-18-30(8)24-12-13-25-27(4,5)26(31)16-17-28(25,6)23(24)15-19-29(22,30)7;1-2-3/h11,22,24,27-28H,10,12-20H2,1-9H3;20-22,25-26,33H,10-19H2,1-9H3;21-24,27H,10-20H2,1-9H3;10,21-22,25-26,31H,9,11-19H2,1-8H3;3H/t22-,24?,27?,28+,30-,31-,32+;20-,21+,22?,25?,26?,29-,30-,31+;22-,23+,24?,27?,29-,30-,31+;21-,22?,25?,26+,28-,29-,30+;/m1111./s1. The van der Waals surface area contributed by atoms with Crippen LogP contribution in [0.1, 0.15) is 506 Å². The van der Waals surface area contributed by atoms with Crippen molar-refractivity contribution in [3.05, 3.63) is 67.9 Å². The van der Waals surface area contributed by atoms with Crippen LogP contribution in [0.4, 0.5) is 0 Å². The van der Waals surface area contributed by atoms with E-state index in [9.17, 15) is 15.0 Å². The van der Waals surface area contributed by atoms with Gasteiger partial charge < -0.3 is 14.9 Å². The molecule has 8 fully saturated rings. The summed E-state index contributed by atoms with van der Waals surface area (Å²) in [6.45, 7) is 86.2. The van der Waals surface area contributed by atoms with E-state index >= 15 is 0 Å². The second-order valence-electron chi connectivity index (χ2n) is 57.1. The maximum atomic E-state index is 11.8. The zero-order chi connectivity index (χ0) is 98.1. The molecule has 0 aromatic heterocycles. The molecule has 132 heavy (non-hydrogen) atoms. The summed E-state index contributed by atoms with van der Waals surface area (Å²) in [5.74, 6) is 12.2. The normalized spacial score (nSPS) is 43.2. The SMILES string of the molecule is CC(=O)O[C@H]1CC[C@]2(C)C3=C(CCC2C1(C)C)[C@]1(C)CCC([C@H](C)CCC=C(C)C)[C@@]1(C)CC3.CC(C)=CCC[C@@H](C)C1CC[C@@]2(C)C3=C(CC[C@]12C)[C@@]1(C)CC[C@H](O)C(C)(C)C1CC3.CC(C)CCC[C@@H](C)C1CC[C@@]2(C)C3=C(CC[C@]12C)[C@@]1(C)CC[C@H](C)C(C)(C)C1CC3.C[C@H](CCC(Br)C(C)(C)O)C1CC[C@@]2(C)C3=C(CC[C@]12C)[C@@]1(C)CC[C@H](C)C(C)(C)C1CC3.[B]=NS. The number of rotatable bonds is 19. The number of alkyl halides is 1. The Balaban J connectivity index is 0.000000157. The molecule has 0 bridgehead atoms. The van der Waals surface area contributed by atoms with E-state index in [4.69, 9.17) is 4.74 Å². The third-order valence-electron chi connectivity index (χ3n) is 48.8. The second-order valence-corrected chi connectivity index (χ2v) is 58.4. The fraction of sp³-hybridized carbons (Fsp3) is 0.895. The Morgan fingerprint density at radius 3 is 0.992 bits per heavy atom. The van der Waals surface area contributed by atoms with E-state index in [1.165, 1.54) is 255 Å². The molecule has 5 nitrogen and oxygen atoms in total. The average molecular weight is 1900 g/mol. The Morgan fingerprint density at radius 1 is 0.402 bits per heavy atom. The minimum atomic E-state index is -0.641. The molecule has 0 aromatic carbocycles. The number of halogens is 1. The van der Waals surface area contributed by atoms with Gasteiger partial charge in [-0.3, -0.25) is 4.79 Å². The van der Waals surface area contributed by atoms with Crippen LogP contribution in [-0.4, -0.2) is 46.5 Å². The number of aliphatic hydroxyl groups excluding tert-OH is 1. The fourth-order valence-electron chi connectivity index (χ4n) is 39.0. The van der Waals surface area contributed by atoms with E-state index in [2.05, 4.69) is 274 Å². The fourth-order valence-corrected chi connectivity index (χ4v) is 39.2. The number of carbonyl (C=O) groups is 1. The first-order chi connectivity index (χ1) is 61.0. The Bertz CT molecular complexity index is 4280. The number of hydrogen-bond acceptors (Lipinski definition) is 6. The molecule has 0 heterocycles. The number of hydrogen-bond donors (Lipinski definition) is 3. The summed E-state index contributed by atoms with van der Waals surface area (Å²) in [5.41, 5.74) is 23.5. The van der Waals surface area contributed by atoms with Crippen molar-refractivity contribution in [1.82, 2.24) is 0 Å². The van der Waals surface area contributed by atoms with Gasteiger partial charge in [0.1, 0.15) is 6.10 Å². The number of aliphatic hydroxyl groups is 2. The van der Waals surface area contributed by atoms with Gasteiger partial charge in [0.05, 0.1) is 11.7 Å². The first-order valence-corrected chi connectivity index (χ1v) is 57.8. The van der Waals surface area contributed by atoms with Crippen molar-refractivity contribution >= 4 is 42.4 Å². The van der Waals surface area contributed by atoms with Crippen LogP contribution in [0.15, 0.2) is 72.2 Å². The van der Waals surface area contributed by atoms with Crippen LogP contribution < -0.4 is 0 Å². The van der Waals surface area contributed by atoms with Gasteiger partial charge in [-0.1, -0.05) is 297 Å². The van der Waals surface area contributed by atoms with Gasteiger partial charge in [0.25, 0.3) is 0 Å². The van der Waals surface area contributed by atoms with Crippen molar-refractivity contribution in [3.8, 4) is 0 Å². The maximum absolute atomic E-state index is 11.8. The van der Waals surface area contributed by atoms with Crippen LogP contribution in [0.2, 0.25) is 0 Å². The molecule has 0 aromatic rings. The first-order valence-electron chi connectivity index (χ1n) is 56.5. The Hall–Kier alpha value is -1.48. The molecule has 0 amide bonds. The summed E-state index contributed by atoms with van der Waals surface area (Å²) < 4.78 is 8.56. The van der Waals surface area contributed by atoms with Crippen molar-refractivity contribution < 1.29 is 19.7 Å². The van der Waals surface area contributed by atoms with Gasteiger partial charge >= 0.3 is 30.7 Å². The van der Waals surface area contributed by atoms with Crippen LogP contribution in [0, 0.1) is 175 Å². The van der Waals surface area contributed by atoms with Crippen LogP contribution >= 0.6 is 28.7 Å². The summed E-state index contributed by atoms with van der Waals surface area (Å²) in [5, 5.41) is 21.2. The molecule has 29 atom stereocenters. The molecular formula is C124H210BBrNO4S. The Labute approximate surface area is 831 Å². The van der Waals surface area contributed by atoms with E-state index in [1.807, 2.05) is 58.4 Å². The number of carbonyl (C=O) groups excluding carboxylic acids is 1. The molecule has 0 spiro atoms. The van der Waals surface area contributed by atoms with Crippen LogP contribution in [-0.2, 0) is 9.53 Å². The van der Waals surface area contributed by atoms with E-state index in [0.717, 1.165) is 96.2 Å². The summed E-state index contributed by atoms with van der Waals surface area (Å²) in [6, 6.07) is 0. The Morgan fingerprint density at radius 2 is 0.689 bits per heavy atom. The molecule has 16 aliphatic rings. The molecule has 8 heteroatoms. The molecule has 16 aliphatic carbocycles. The molecule has 16 rings (SSSR count). The van der Waals surface area contributed by atoms with Gasteiger partial charge in [-0.2, -0.15) is 0 Å².